The summed E-state index contributed by atoms with van der Waals surface area (Å²) in [6.45, 7) is 2.69. The summed E-state index contributed by atoms with van der Waals surface area (Å²) in [6, 6.07) is 3.76. The van der Waals surface area contributed by atoms with Crippen molar-refractivity contribution in [2.75, 3.05) is 5.73 Å². The summed E-state index contributed by atoms with van der Waals surface area (Å²) in [7, 11) is 0. The first kappa shape index (κ1) is 12.7. The molecule has 0 aromatic carbocycles. The molecule has 7 heteroatoms. The molecule has 2 aromatic heterocycles. The molecule has 0 fully saturated rings. The maximum absolute atomic E-state index is 11.5. The van der Waals surface area contributed by atoms with E-state index in [1.54, 1.807) is 10.8 Å². The Morgan fingerprint density at radius 2 is 2.39 bits per heavy atom. The molecule has 0 radical (unpaired) electrons. The van der Waals surface area contributed by atoms with Crippen molar-refractivity contribution in [2.24, 2.45) is 0 Å². The molecule has 0 bridgehead atoms. The van der Waals surface area contributed by atoms with Gasteiger partial charge in [0, 0.05) is 24.1 Å². The first-order chi connectivity index (χ1) is 8.72. The lowest BCUT2D eigenvalue weighted by Gasteiger charge is -2.05. The molecule has 0 spiro atoms. The van der Waals surface area contributed by atoms with Gasteiger partial charge < -0.3 is 5.73 Å². The Kier molecular flexibility index (Phi) is 4.03. The fourth-order valence-corrected chi connectivity index (χ4v) is 2.52. The number of hydrogen-bond donors (Lipinski definition) is 2. The Labute approximate surface area is 109 Å². The molecule has 0 aliphatic heterocycles. The minimum atomic E-state index is -0.168. The van der Waals surface area contributed by atoms with Gasteiger partial charge in [-0.05, 0) is 12.5 Å². The molecule has 0 saturated heterocycles. The van der Waals surface area contributed by atoms with Crippen LogP contribution in [0.1, 0.15) is 18.9 Å². The quantitative estimate of drug-likeness (QED) is 0.794. The highest BCUT2D eigenvalue weighted by Crippen LogP contribution is 2.21. The first-order valence-corrected chi connectivity index (χ1v) is 6.68. The van der Waals surface area contributed by atoms with Gasteiger partial charge in [0.25, 0.3) is 0 Å². The normalized spacial score (nSPS) is 10.7. The maximum atomic E-state index is 11.5. The monoisotopic (exact) mass is 265 g/mol. The molecule has 0 saturated carbocycles. The zero-order chi connectivity index (χ0) is 13.0. The van der Waals surface area contributed by atoms with Gasteiger partial charge >= 0.3 is 5.69 Å². The molecular weight excluding hydrogens is 250 g/mol. The highest BCUT2D eigenvalue weighted by molar-refractivity contribution is 7.98. The molecule has 0 atom stereocenters. The third-order valence-electron chi connectivity index (χ3n) is 2.45. The number of nitrogens with two attached hydrogens (primary N) is 1. The van der Waals surface area contributed by atoms with Crippen LogP contribution in [-0.4, -0.2) is 19.7 Å². The molecule has 2 aromatic rings. The second-order valence-electron chi connectivity index (χ2n) is 3.80. The zero-order valence-electron chi connectivity index (χ0n) is 10.1. The van der Waals surface area contributed by atoms with E-state index in [1.807, 2.05) is 19.1 Å². The molecule has 2 heterocycles. The number of rotatable bonds is 5. The van der Waals surface area contributed by atoms with Crippen LogP contribution in [0.5, 0.6) is 0 Å². The van der Waals surface area contributed by atoms with Crippen LogP contribution in [0.3, 0.4) is 0 Å². The Balaban J connectivity index is 2.11. The number of nitrogens with one attached hydrogen (secondary N) is 1. The van der Waals surface area contributed by atoms with E-state index >= 15 is 0 Å². The van der Waals surface area contributed by atoms with Gasteiger partial charge in [-0.25, -0.2) is 14.9 Å². The maximum Gasteiger partial charge on any atom is 0.343 e. The molecule has 3 N–H and O–H groups in total. The topological polar surface area (TPSA) is 89.6 Å². The summed E-state index contributed by atoms with van der Waals surface area (Å²) >= 11 is 1.48. The van der Waals surface area contributed by atoms with Crippen molar-refractivity contribution in [3.05, 3.63) is 34.4 Å². The third-order valence-corrected chi connectivity index (χ3v) is 3.48. The van der Waals surface area contributed by atoms with Crippen molar-refractivity contribution in [1.29, 1.82) is 0 Å². The molecule has 0 aliphatic carbocycles. The molecular formula is C11H15N5OS. The number of hydrogen-bond acceptors (Lipinski definition) is 5. The Bertz CT molecular complexity index is 577. The summed E-state index contributed by atoms with van der Waals surface area (Å²) in [5.41, 5.74) is 6.54. The van der Waals surface area contributed by atoms with Crippen molar-refractivity contribution in [3.8, 4) is 0 Å². The number of H-pyrrole nitrogens is 1. The molecule has 0 aliphatic rings. The number of anilines is 1. The molecule has 18 heavy (non-hydrogen) atoms. The fraction of sp³-hybridized carbons (Fsp3) is 0.364. The number of nitrogen functional groups attached to an aromatic ring is 1. The average molecular weight is 265 g/mol. The number of nitrogens with zero attached hydrogens (tertiary/aromatic N) is 3. The number of pyridine rings is 1. The summed E-state index contributed by atoms with van der Waals surface area (Å²) in [6.07, 6.45) is 2.55. The lowest BCUT2D eigenvalue weighted by Crippen LogP contribution is -2.17. The van der Waals surface area contributed by atoms with E-state index in [4.69, 9.17) is 5.73 Å². The lowest BCUT2D eigenvalue weighted by molar-refractivity contribution is 0.604. The van der Waals surface area contributed by atoms with E-state index in [0.717, 1.165) is 12.0 Å². The van der Waals surface area contributed by atoms with E-state index in [0.29, 0.717) is 23.3 Å². The van der Waals surface area contributed by atoms with Crippen LogP contribution in [0.4, 0.5) is 5.82 Å². The van der Waals surface area contributed by atoms with Crippen LogP contribution in [0.2, 0.25) is 0 Å². The van der Waals surface area contributed by atoms with Crippen LogP contribution in [0.25, 0.3) is 0 Å². The largest absolute Gasteiger partial charge is 0.383 e. The van der Waals surface area contributed by atoms with Crippen molar-refractivity contribution < 1.29 is 0 Å². The van der Waals surface area contributed by atoms with Crippen molar-refractivity contribution in [3.63, 3.8) is 0 Å². The van der Waals surface area contributed by atoms with Gasteiger partial charge in [0.05, 0.1) is 0 Å². The number of aromatic amines is 1. The Morgan fingerprint density at radius 3 is 3.11 bits per heavy atom. The second-order valence-corrected chi connectivity index (χ2v) is 4.74. The van der Waals surface area contributed by atoms with Gasteiger partial charge in [0.15, 0.2) is 5.16 Å². The summed E-state index contributed by atoms with van der Waals surface area (Å²) < 4.78 is 1.64. The highest BCUT2D eigenvalue weighted by atomic mass is 32.2. The average Bonchev–Trinajstić information content (AvgIpc) is 2.71. The third kappa shape index (κ3) is 2.73. The Hall–Kier alpha value is -1.76. The lowest BCUT2D eigenvalue weighted by atomic mass is 10.3. The highest BCUT2D eigenvalue weighted by Gasteiger charge is 2.09. The van der Waals surface area contributed by atoms with Gasteiger partial charge in [-0.3, -0.25) is 4.57 Å². The van der Waals surface area contributed by atoms with E-state index < -0.39 is 0 Å². The van der Waals surface area contributed by atoms with Crippen LogP contribution < -0.4 is 11.4 Å². The van der Waals surface area contributed by atoms with Crippen LogP contribution in [-0.2, 0) is 12.3 Å². The predicted molar refractivity (Wildman–Crippen MR) is 71.3 cm³/mol. The smallest absolute Gasteiger partial charge is 0.343 e. The summed E-state index contributed by atoms with van der Waals surface area (Å²) in [5.74, 6) is 1.16. The van der Waals surface area contributed by atoms with Crippen LogP contribution >= 0.6 is 11.8 Å². The van der Waals surface area contributed by atoms with Gasteiger partial charge in [0.2, 0.25) is 0 Å². The molecule has 0 unspecified atom stereocenters. The minimum Gasteiger partial charge on any atom is -0.383 e. The van der Waals surface area contributed by atoms with E-state index in [2.05, 4.69) is 15.2 Å². The van der Waals surface area contributed by atoms with Crippen molar-refractivity contribution in [1.82, 2.24) is 19.7 Å². The molecule has 96 valence electrons. The van der Waals surface area contributed by atoms with Crippen molar-refractivity contribution in [2.45, 2.75) is 30.8 Å². The molecule has 0 amide bonds. The van der Waals surface area contributed by atoms with Crippen LogP contribution in [0, 0.1) is 0 Å². The van der Waals surface area contributed by atoms with Gasteiger partial charge in [-0.15, -0.1) is 5.10 Å². The fourth-order valence-electron chi connectivity index (χ4n) is 1.55. The van der Waals surface area contributed by atoms with E-state index in [1.165, 1.54) is 11.8 Å². The van der Waals surface area contributed by atoms with Gasteiger partial charge in [0.1, 0.15) is 5.82 Å². The standard InChI is InChI=1S/C11H15N5OS/c1-2-6-16-10(17)14-15-11(16)18-7-8-4-3-5-13-9(8)12/h3-5H,2,6-7H2,1H3,(H2,12,13)(H,14,17). The molecule has 2 rings (SSSR count). The van der Waals surface area contributed by atoms with Crippen LogP contribution in [0.15, 0.2) is 28.3 Å². The van der Waals surface area contributed by atoms with Gasteiger partial charge in [-0.1, -0.05) is 24.8 Å². The van der Waals surface area contributed by atoms with E-state index in [9.17, 15) is 4.79 Å². The molecule has 6 nitrogen and oxygen atoms in total. The van der Waals surface area contributed by atoms with Crippen molar-refractivity contribution >= 4 is 17.6 Å². The number of thioether (sulfide) groups is 1. The predicted octanol–water partition coefficient (Wildman–Crippen LogP) is 1.25. The Morgan fingerprint density at radius 1 is 1.56 bits per heavy atom. The van der Waals surface area contributed by atoms with E-state index in [-0.39, 0.29) is 5.69 Å². The second kappa shape index (κ2) is 5.72. The minimum absolute atomic E-state index is 0.168. The zero-order valence-corrected chi connectivity index (χ0v) is 10.9. The van der Waals surface area contributed by atoms with Gasteiger partial charge in [-0.2, -0.15) is 0 Å². The summed E-state index contributed by atoms with van der Waals surface area (Å²) in [5, 5.41) is 7.15. The summed E-state index contributed by atoms with van der Waals surface area (Å²) in [4.78, 5) is 15.5. The first-order valence-electron chi connectivity index (χ1n) is 5.69. The SMILES string of the molecule is CCCn1c(SCc2cccnc2N)n[nH]c1=O. The number of aromatic nitrogens is 4.